The third-order valence-corrected chi connectivity index (χ3v) is 7.52. The van der Waals surface area contributed by atoms with Gasteiger partial charge in [-0.15, -0.1) is 0 Å². The Morgan fingerprint density at radius 1 is 0.951 bits per heavy atom. The van der Waals surface area contributed by atoms with E-state index in [1.54, 1.807) is 43.0 Å². The lowest BCUT2D eigenvalue weighted by Gasteiger charge is -2.43. The summed E-state index contributed by atoms with van der Waals surface area (Å²) < 4.78 is 0. The van der Waals surface area contributed by atoms with E-state index in [1.807, 2.05) is 44.1 Å². The minimum Gasteiger partial charge on any atom is -0.505 e. The first-order chi connectivity index (χ1) is 19.4. The molecule has 10 heteroatoms. The van der Waals surface area contributed by atoms with Gasteiger partial charge in [0.05, 0.1) is 16.4 Å². The first-order valence-corrected chi connectivity index (χ1v) is 14.0. The van der Waals surface area contributed by atoms with Gasteiger partial charge in [-0.3, -0.25) is 19.6 Å². The van der Waals surface area contributed by atoms with Gasteiger partial charge in [0.1, 0.15) is 11.4 Å². The SMILES string of the molecule is CN(C)/C=C\N(C=O)c1ccc(-c2ccnc(-c3cnc(N(C)C)c(N4CCN(C(C)(C)C)CC4)c3)c2O)cc1Cl. The maximum absolute atomic E-state index is 11.7. The van der Waals surface area contributed by atoms with E-state index in [-0.39, 0.29) is 11.3 Å². The second kappa shape index (κ2) is 12.4. The smallest absolute Gasteiger partial charge is 0.218 e. The number of nitrogens with zero attached hydrogens (tertiary/aromatic N) is 7. The minimum absolute atomic E-state index is 0.0407. The van der Waals surface area contributed by atoms with E-state index in [9.17, 15) is 9.90 Å². The molecule has 4 rings (SSSR count). The first kappa shape index (κ1) is 30.1. The number of amides is 1. The summed E-state index contributed by atoms with van der Waals surface area (Å²) in [5, 5.41) is 11.8. The molecule has 0 aliphatic carbocycles. The van der Waals surface area contributed by atoms with Gasteiger partial charge in [-0.2, -0.15) is 0 Å². The second-order valence-electron chi connectivity index (χ2n) is 11.6. The molecule has 2 aromatic heterocycles. The Hall–Kier alpha value is -3.82. The van der Waals surface area contributed by atoms with Crippen LogP contribution in [-0.2, 0) is 4.79 Å². The molecule has 3 aromatic rings. The highest BCUT2D eigenvalue weighted by molar-refractivity contribution is 6.34. The van der Waals surface area contributed by atoms with E-state index in [2.05, 4.69) is 41.6 Å². The van der Waals surface area contributed by atoms with Crippen LogP contribution >= 0.6 is 11.6 Å². The molecule has 1 saturated heterocycles. The number of rotatable bonds is 8. The van der Waals surface area contributed by atoms with Crippen LogP contribution < -0.4 is 14.7 Å². The summed E-state index contributed by atoms with van der Waals surface area (Å²) in [7, 11) is 7.71. The number of pyridine rings is 2. The summed E-state index contributed by atoms with van der Waals surface area (Å²) in [6.07, 6.45) is 7.53. The molecule has 1 fully saturated rings. The molecule has 1 amide bonds. The molecule has 0 bridgehead atoms. The Kier molecular flexibility index (Phi) is 9.09. The molecule has 3 heterocycles. The summed E-state index contributed by atoms with van der Waals surface area (Å²) in [6, 6.07) is 9.14. The largest absolute Gasteiger partial charge is 0.505 e. The van der Waals surface area contributed by atoms with Gasteiger partial charge >= 0.3 is 0 Å². The molecule has 0 unspecified atom stereocenters. The van der Waals surface area contributed by atoms with E-state index in [1.165, 1.54) is 4.90 Å². The Morgan fingerprint density at radius 2 is 1.66 bits per heavy atom. The fourth-order valence-corrected chi connectivity index (χ4v) is 5.21. The fraction of sp³-hybridized carbons (Fsp3) is 0.387. The van der Waals surface area contributed by atoms with Crippen molar-refractivity contribution < 1.29 is 9.90 Å². The highest BCUT2D eigenvalue weighted by atomic mass is 35.5. The monoisotopic (exact) mass is 577 g/mol. The van der Waals surface area contributed by atoms with Crippen molar-refractivity contribution in [2.24, 2.45) is 0 Å². The topological polar surface area (TPSA) is 79.3 Å². The molecule has 218 valence electrons. The summed E-state index contributed by atoms with van der Waals surface area (Å²) in [6.45, 7) is 10.4. The second-order valence-corrected chi connectivity index (χ2v) is 12.0. The summed E-state index contributed by atoms with van der Waals surface area (Å²) in [5.41, 5.74) is 4.14. The van der Waals surface area contributed by atoms with E-state index >= 15 is 0 Å². The molecular weight excluding hydrogens is 538 g/mol. The van der Waals surface area contributed by atoms with Crippen LogP contribution in [0.3, 0.4) is 0 Å². The van der Waals surface area contributed by atoms with E-state index in [4.69, 9.17) is 16.6 Å². The summed E-state index contributed by atoms with van der Waals surface area (Å²) in [5.74, 6) is 0.915. The molecule has 1 aliphatic rings. The van der Waals surface area contributed by atoms with Crippen LogP contribution in [0.5, 0.6) is 5.75 Å². The summed E-state index contributed by atoms with van der Waals surface area (Å²) in [4.78, 5) is 31.1. The summed E-state index contributed by atoms with van der Waals surface area (Å²) >= 11 is 6.60. The number of hydrogen-bond acceptors (Lipinski definition) is 8. The zero-order chi connectivity index (χ0) is 29.9. The van der Waals surface area contributed by atoms with Crippen LogP contribution in [-0.4, -0.2) is 91.2 Å². The van der Waals surface area contributed by atoms with E-state index in [0.29, 0.717) is 33.9 Å². The normalized spacial score (nSPS) is 14.4. The van der Waals surface area contributed by atoms with Crippen LogP contribution in [0.4, 0.5) is 17.2 Å². The number of piperazine rings is 1. The highest BCUT2D eigenvalue weighted by Crippen LogP contribution is 2.40. The first-order valence-electron chi connectivity index (χ1n) is 13.6. The molecule has 1 N–H and O–H groups in total. The molecular formula is C31H40ClN7O2. The van der Waals surface area contributed by atoms with Crippen molar-refractivity contribution in [2.45, 2.75) is 26.3 Å². The van der Waals surface area contributed by atoms with Gasteiger partial charge in [0.15, 0.2) is 5.82 Å². The molecule has 1 aromatic carbocycles. The van der Waals surface area contributed by atoms with E-state index in [0.717, 1.165) is 43.2 Å². The van der Waals surface area contributed by atoms with Crippen molar-refractivity contribution in [2.75, 3.05) is 69.1 Å². The number of halogens is 1. The number of benzene rings is 1. The number of anilines is 3. The Labute approximate surface area is 248 Å². The van der Waals surface area contributed by atoms with Gasteiger partial charge in [-0.25, -0.2) is 4.98 Å². The average Bonchev–Trinajstić information content (AvgIpc) is 2.93. The number of aromatic nitrogens is 2. The van der Waals surface area contributed by atoms with Gasteiger partial charge in [-0.1, -0.05) is 17.7 Å². The molecule has 9 nitrogen and oxygen atoms in total. The predicted molar refractivity (Wildman–Crippen MR) is 169 cm³/mol. The Balaban J connectivity index is 1.68. The van der Waals surface area contributed by atoms with Crippen LogP contribution in [0.1, 0.15) is 20.8 Å². The molecule has 0 saturated carbocycles. The van der Waals surface area contributed by atoms with Crippen molar-refractivity contribution in [3.8, 4) is 28.1 Å². The lowest BCUT2D eigenvalue weighted by atomic mass is 10.0. The molecule has 1 aliphatic heterocycles. The van der Waals surface area contributed by atoms with Crippen molar-refractivity contribution >= 4 is 35.2 Å². The number of aromatic hydroxyl groups is 1. The lowest BCUT2D eigenvalue weighted by molar-refractivity contribution is -0.106. The van der Waals surface area contributed by atoms with Crippen LogP contribution in [0.25, 0.3) is 22.4 Å². The zero-order valence-corrected chi connectivity index (χ0v) is 25.7. The van der Waals surface area contributed by atoms with Gasteiger partial charge in [-0.05, 0) is 50.6 Å². The zero-order valence-electron chi connectivity index (χ0n) is 25.0. The van der Waals surface area contributed by atoms with Crippen LogP contribution in [0.15, 0.2) is 55.1 Å². The predicted octanol–water partition coefficient (Wildman–Crippen LogP) is 5.15. The third kappa shape index (κ3) is 6.74. The van der Waals surface area contributed by atoms with Crippen LogP contribution in [0, 0.1) is 0 Å². The minimum atomic E-state index is 0.0407. The average molecular weight is 578 g/mol. The number of carbonyl (C=O) groups is 1. The third-order valence-electron chi connectivity index (χ3n) is 7.21. The maximum Gasteiger partial charge on any atom is 0.218 e. The molecule has 0 atom stereocenters. The maximum atomic E-state index is 11.7. The van der Waals surface area contributed by atoms with E-state index < -0.39 is 0 Å². The van der Waals surface area contributed by atoms with Gasteiger partial charge in [0.25, 0.3) is 0 Å². The van der Waals surface area contributed by atoms with Gasteiger partial charge in [0.2, 0.25) is 6.41 Å². The fourth-order valence-electron chi connectivity index (χ4n) is 4.93. The standard InChI is InChI=1S/C31H40ClN7O2/c1-31(2,3)39-16-14-37(15-17-39)27-19-23(20-34-30(27)36(6)7)28-29(41)24(10-11-33-28)22-8-9-26(25(32)18-22)38(21-40)13-12-35(4)5/h8-13,18-21,41H,14-17H2,1-7H3/b13-12-. The Morgan fingerprint density at radius 3 is 2.24 bits per heavy atom. The lowest BCUT2D eigenvalue weighted by Crippen LogP contribution is -2.53. The molecule has 0 spiro atoms. The van der Waals surface area contributed by atoms with Crippen LogP contribution in [0.2, 0.25) is 5.02 Å². The number of carbonyl (C=O) groups excluding carboxylic acids is 1. The van der Waals surface area contributed by atoms with Gasteiger partial charge in [0, 0.05) is 95.8 Å². The van der Waals surface area contributed by atoms with Crippen molar-refractivity contribution in [3.63, 3.8) is 0 Å². The molecule has 0 radical (unpaired) electrons. The van der Waals surface area contributed by atoms with Crippen molar-refractivity contribution in [1.82, 2.24) is 19.8 Å². The Bertz CT molecular complexity index is 1410. The number of hydrogen-bond donors (Lipinski definition) is 1. The van der Waals surface area contributed by atoms with Crippen molar-refractivity contribution in [1.29, 1.82) is 0 Å². The van der Waals surface area contributed by atoms with Gasteiger partial charge < -0.3 is 19.8 Å². The quantitative estimate of drug-likeness (QED) is 0.368. The highest BCUT2D eigenvalue weighted by Gasteiger charge is 2.28. The molecule has 41 heavy (non-hydrogen) atoms. The van der Waals surface area contributed by atoms with Crippen molar-refractivity contribution in [3.05, 3.63) is 60.1 Å².